The van der Waals surface area contributed by atoms with E-state index in [-0.39, 0.29) is 37.1 Å². The number of nitrogens with one attached hydrogen (secondary N) is 1. The zero-order valence-electron chi connectivity index (χ0n) is 15.1. The van der Waals surface area contributed by atoms with E-state index in [4.69, 9.17) is 4.74 Å². The van der Waals surface area contributed by atoms with E-state index in [1.807, 2.05) is 25.1 Å². The van der Waals surface area contributed by atoms with Gasteiger partial charge in [0.25, 0.3) is 0 Å². The summed E-state index contributed by atoms with van der Waals surface area (Å²) in [5, 5.41) is 2.80. The predicted molar refractivity (Wildman–Crippen MR) is 104 cm³/mol. The lowest BCUT2D eigenvalue weighted by molar-refractivity contribution is -0.126. The number of methoxy groups -OCH3 is 1. The van der Waals surface area contributed by atoms with Crippen LogP contribution in [0.25, 0.3) is 0 Å². The van der Waals surface area contributed by atoms with Crippen molar-refractivity contribution in [3.05, 3.63) is 57.8 Å². The first-order valence-corrected chi connectivity index (χ1v) is 9.35. The number of hydrogen-bond donors (Lipinski definition) is 1. The summed E-state index contributed by atoms with van der Waals surface area (Å²) in [4.78, 5) is 26.6. The molecule has 1 N–H and O–H groups in total. The van der Waals surface area contributed by atoms with E-state index in [0.29, 0.717) is 17.0 Å². The molecule has 0 aromatic heterocycles. The number of carbonyl (C=O) groups excluding carboxylic acids is 2. The molecule has 2 aromatic carbocycles. The Morgan fingerprint density at radius 3 is 2.85 bits per heavy atom. The van der Waals surface area contributed by atoms with Crippen molar-refractivity contribution < 1.29 is 18.7 Å². The van der Waals surface area contributed by atoms with Crippen LogP contribution in [0.2, 0.25) is 0 Å². The van der Waals surface area contributed by atoms with Crippen molar-refractivity contribution in [3.63, 3.8) is 0 Å². The Labute approximate surface area is 165 Å². The van der Waals surface area contributed by atoms with Crippen molar-refractivity contribution >= 4 is 33.4 Å². The Kier molecular flexibility index (Phi) is 5.79. The molecule has 27 heavy (non-hydrogen) atoms. The van der Waals surface area contributed by atoms with Gasteiger partial charge in [0, 0.05) is 24.0 Å². The molecule has 0 saturated carbocycles. The lowest BCUT2D eigenvalue weighted by Crippen LogP contribution is -2.32. The van der Waals surface area contributed by atoms with Crippen LogP contribution in [-0.4, -0.2) is 25.5 Å². The molecule has 1 atom stereocenters. The maximum Gasteiger partial charge on any atom is 0.227 e. The highest BCUT2D eigenvalue weighted by Gasteiger charge is 2.36. The van der Waals surface area contributed by atoms with Crippen LogP contribution in [0.4, 0.5) is 10.1 Å². The molecule has 5 nitrogen and oxygen atoms in total. The van der Waals surface area contributed by atoms with Crippen molar-refractivity contribution in [2.75, 3.05) is 18.6 Å². The highest BCUT2D eigenvalue weighted by atomic mass is 79.9. The minimum atomic E-state index is -0.463. The van der Waals surface area contributed by atoms with Gasteiger partial charge in [-0.25, -0.2) is 4.39 Å². The van der Waals surface area contributed by atoms with Gasteiger partial charge in [-0.2, -0.15) is 0 Å². The predicted octanol–water partition coefficient (Wildman–Crippen LogP) is 3.57. The van der Waals surface area contributed by atoms with Crippen LogP contribution in [0, 0.1) is 18.7 Å². The Morgan fingerprint density at radius 1 is 1.33 bits per heavy atom. The van der Waals surface area contributed by atoms with Gasteiger partial charge >= 0.3 is 0 Å². The number of ether oxygens (including phenoxy) is 1. The monoisotopic (exact) mass is 434 g/mol. The number of rotatable bonds is 5. The summed E-state index contributed by atoms with van der Waals surface area (Å²) in [6.45, 7) is 2.41. The second-order valence-corrected chi connectivity index (χ2v) is 7.39. The van der Waals surface area contributed by atoms with Crippen LogP contribution in [0.3, 0.4) is 0 Å². The van der Waals surface area contributed by atoms with Crippen LogP contribution >= 0.6 is 15.9 Å². The molecule has 2 aromatic rings. The molecule has 142 valence electrons. The molecule has 2 amide bonds. The van der Waals surface area contributed by atoms with Gasteiger partial charge in [-0.05, 0) is 48.4 Å². The van der Waals surface area contributed by atoms with Crippen molar-refractivity contribution in [2.24, 2.45) is 5.92 Å². The second kappa shape index (κ2) is 8.08. The van der Waals surface area contributed by atoms with Crippen molar-refractivity contribution in [1.29, 1.82) is 0 Å². The fourth-order valence-electron chi connectivity index (χ4n) is 3.13. The average Bonchev–Trinajstić information content (AvgIpc) is 3.04. The van der Waals surface area contributed by atoms with Gasteiger partial charge in [0.05, 0.1) is 18.7 Å². The lowest BCUT2D eigenvalue weighted by atomic mass is 10.1. The molecular weight excluding hydrogens is 415 g/mol. The number of anilines is 1. The maximum absolute atomic E-state index is 13.4. The van der Waals surface area contributed by atoms with Crippen LogP contribution < -0.4 is 15.0 Å². The molecule has 1 aliphatic rings. The third kappa shape index (κ3) is 4.30. The van der Waals surface area contributed by atoms with E-state index in [1.54, 1.807) is 18.1 Å². The fraction of sp³-hybridized carbons (Fsp3) is 0.300. The van der Waals surface area contributed by atoms with E-state index in [2.05, 4.69) is 21.2 Å². The van der Waals surface area contributed by atoms with Gasteiger partial charge in [0.2, 0.25) is 11.8 Å². The molecular formula is C20H20BrFN2O3. The second-order valence-electron chi connectivity index (χ2n) is 6.53. The highest BCUT2D eigenvalue weighted by Crippen LogP contribution is 2.34. The Balaban J connectivity index is 1.69. The van der Waals surface area contributed by atoms with Crippen LogP contribution in [0.5, 0.6) is 5.75 Å². The summed E-state index contributed by atoms with van der Waals surface area (Å²) in [6.07, 6.45) is 0.132. The standard InChI is InChI=1S/C20H20BrFN2O3/c1-12-3-6-18(27-2)17(7-12)24-11-14(9-19(24)25)20(26)23-10-13-8-15(22)4-5-16(13)21/h3-8,14H,9-11H2,1-2H3,(H,23,26). The molecule has 1 saturated heterocycles. The first kappa shape index (κ1) is 19.4. The van der Waals surface area contributed by atoms with Gasteiger partial charge in [-0.15, -0.1) is 0 Å². The third-order valence-corrected chi connectivity index (χ3v) is 5.36. The van der Waals surface area contributed by atoms with Crippen LogP contribution in [0.1, 0.15) is 17.5 Å². The van der Waals surface area contributed by atoms with Crippen LogP contribution in [0.15, 0.2) is 40.9 Å². The molecule has 3 rings (SSSR count). The summed E-state index contributed by atoms with van der Waals surface area (Å²) >= 11 is 3.34. The number of carbonyl (C=O) groups is 2. The summed E-state index contributed by atoms with van der Waals surface area (Å²) in [6, 6.07) is 9.91. The number of aryl methyl sites for hydroxylation is 1. The number of nitrogens with zero attached hydrogens (tertiary/aromatic N) is 1. The zero-order chi connectivity index (χ0) is 19.6. The van der Waals surface area contributed by atoms with E-state index >= 15 is 0 Å². The quantitative estimate of drug-likeness (QED) is 0.782. The van der Waals surface area contributed by atoms with Gasteiger partial charge in [-0.1, -0.05) is 22.0 Å². The molecule has 1 aliphatic heterocycles. The average molecular weight is 435 g/mol. The zero-order valence-corrected chi connectivity index (χ0v) is 16.7. The summed E-state index contributed by atoms with van der Waals surface area (Å²) in [5.41, 5.74) is 2.32. The first-order valence-electron chi connectivity index (χ1n) is 8.55. The van der Waals surface area contributed by atoms with Gasteiger partial charge in [0.1, 0.15) is 11.6 Å². The number of halogens is 2. The van der Waals surface area contributed by atoms with E-state index in [1.165, 1.54) is 12.1 Å². The normalized spacial score (nSPS) is 16.5. The maximum atomic E-state index is 13.4. The molecule has 0 radical (unpaired) electrons. The summed E-state index contributed by atoms with van der Waals surface area (Å²) in [5.74, 6) is -0.579. The Bertz CT molecular complexity index is 888. The van der Waals surface area contributed by atoms with E-state index < -0.39 is 5.92 Å². The SMILES string of the molecule is COc1ccc(C)cc1N1CC(C(=O)NCc2cc(F)ccc2Br)CC1=O. The smallest absolute Gasteiger partial charge is 0.227 e. The molecule has 7 heteroatoms. The molecule has 0 bridgehead atoms. The number of hydrogen-bond acceptors (Lipinski definition) is 3. The van der Waals surface area contributed by atoms with Crippen molar-refractivity contribution in [1.82, 2.24) is 5.32 Å². The van der Waals surface area contributed by atoms with Crippen molar-refractivity contribution in [2.45, 2.75) is 19.9 Å². The van der Waals surface area contributed by atoms with Gasteiger partial charge in [-0.3, -0.25) is 9.59 Å². The Hall–Kier alpha value is -2.41. The summed E-state index contributed by atoms with van der Waals surface area (Å²) in [7, 11) is 1.55. The van der Waals surface area contributed by atoms with Crippen molar-refractivity contribution in [3.8, 4) is 5.75 Å². The molecule has 1 unspecified atom stereocenters. The van der Waals surface area contributed by atoms with E-state index in [9.17, 15) is 14.0 Å². The Morgan fingerprint density at radius 2 is 2.11 bits per heavy atom. The third-order valence-electron chi connectivity index (χ3n) is 4.58. The molecule has 0 spiro atoms. The van der Waals surface area contributed by atoms with Gasteiger partial charge < -0.3 is 15.0 Å². The number of amides is 2. The molecule has 0 aliphatic carbocycles. The summed E-state index contributed by atoms with van der Waals surface area (Å²) < 4.78 is 19.4. The fourth-order valence-corrected chi connectivity index (χ4v) is 3.52. The van der Waals surface area contributed by atoms with E-state index in [0.717, 1.165) is 10.0 Å². The number of benzene rings is 2. The minimum absolute atomic E-state index is 0.119. The largest absolute Gasteiger partial charge is 0.495 e. The van der Waals surface area contributed by atoms with Crippen LogP contribution in [-0.2, 0) is 16.1 Å². The van der Waals surface area contributed by atoms with Gasteiger partial charge in [0.15, 0.2) is 0 Å². The lowest BCUT2D eigenvalue weighted by Gasteiger charge is -2.20. The molecule has 1 heterocycles. The molecule has 1 fully saturated rings. The highest BCUT2D eigenvalue weighted by molar-refractivity contribution is 9.10. The minimum Gasteiger partial charge on any atom is -0.495 e. The first-order chi connectivity index (χ1) is 12.9. The topological polar surface area (TPSA) is 58.6 Å².